The van der Waals surface area contributed by atoms with Gasteiger partial charge in [-0.2, -0.15) is 0 Å². The van der Waals surface area contributed by atoms with Gasteiger partial charge in [-0.25, -0.2) is 0 Å². The van der Waals surface area contributed by atoms with Gasteiger partial charge in [0, 0.05) is 33.3 Å². The summed E-state index contributed by atoms with van der Waals surface area (Å²) in [7, 11) is 1.51. The first kappa shape index (κ1) is 15.9. The molecule has 19 heavy (non-hydrogen) atoms. The highest BCUT2D eigenvalue weighted by Crippen LogP contribution is 2.03. The lowest BCUT2D eigenvalue weighted by Gasteiger charge is -2.33. The van der Waals surface area contributed by atoms with E-state index in [1.807, 2.05) is 4.90 Å². The summed E-state index contributed by atoms with van der Waals surface area (Å²) < 4.78 is 9.94. The van der Waals surface area contributed by atoms with Crippen molar-refractivity contribution in [2.45, 2.75) is 19.8 Å². The van der Waals surface area contributed by atoms with E-state index in [-0.39, 0.29) is 18.5 Å². The largest absolute Gasteiger partial charge is 0.465 e. The number of rotatable bonds is 7. The van der Waals surface area contributed by atoms with Crippen LogP contribution in [0.4, 0.5) is 0 Å². The van der Waals surface area contributed by atoms with E-state index >= 15 is 0 Å². The monoisotopic (exact) mass is 272 g/mol. The molecule has 0 spiro atoms. The van der Waals surface area contributed by atoms with Crippen LogP contribution in [0.3, 0.4) is 0 Å². The van der Waals surface area contributed by atoms with Crippen LogP contribution in [0, 0.1) is 0 Å². The average Bonchev–Trinajstić information content (AvgIpc) is 2.40. The van der Waals surface area contributed by atoms with Crippen LogP contribution in [0.5, 0.6) is 0 Å². The number of hydrogen-bond donors (Lipinski definition) is 0. The minimum atomic E-state index is -0.176. The van der Waals surface area contributed by atoms with E-state index in [0.29, 0.717) is 39.3 Å². The SMILES string of the molecule is CCCCOC(=O)CN1CCN(C(=O)COC)CC1. The van der Waals surface area contributed by atoms with Gasteiger partial charge in [-0.3, -0.25) is 14.5 Å². The zero-order valence-electron chi connectivity index (χ0n) is 11.9. The van der Waals surface area contributed by atoms with Gasteiger partial charge in [0.25, 0.3) is 0 Å². The molecular weight excluding hydrogens is 248 g/mol. The molecule has 0 atom stereocenters. The lowest BCUT2D eigenvalue weighted by atomic mass is 10.3. The van der Waals surface area contributed by atoms with E-state index < -0.39 is 0 Å². The van der Waals surface area contributed by atoms with Crippen molar-refractivity contribution in [3.8, 4) is 0 Å². The summed E-state index contributed by atoms with van der Waals surface area (Å²) in [6, 6.07) is 0. The standard InChI is InChI=1S/C13H24N2O4/c1-3-4-9-19-13(17)10-14-5-7-15(8-6-14)12(16)11-18-2/h3-11H2,1-2H3. The van der Waals surface area contributed by atoms with Crippen LogP contribution in [-0.4, -0.2) is 74.7 Å². The van der Waals surface area contributed by atoms with Gasteiger partial charge in [0.1, 0.15) is 6.61 Å². The Morgan fingerprint density at radius 3 is 2.42 bits per heavy atom. The molecular formula is C13H24N2O4. The van der Waals surface area contributed by atoms with E-state index in [0.717, 1.165) is 12.8 Å². The Morgan fingerprint density at radius 2 is 1.84 bits per heavy atom. The number of methoxy groups -OCH3 is 1. The summed E-state index contributed by atoms with van der Waals surface area (Å²) in [6.07, 6.45) is 1.93. The summed E-state index contributed by atoms with van der Waals surface area (Å²) in [5.74, 6) is -0.169. The molecule has 0 N–H and O–H groups in total. The average molecular weight is 272 g/mol. The highest BCUT2D eigenvalue weighted by atomic mass is 16.5. The van der Waals surface area contributed by atoms with Gasteiger partial charge in [-0.1, -0.05) is 13.3 Å². The Labute approximate surface area is 114 Å². The minimum Gasteiger partial charge on any atom is -0.465 e. The Hall–Kier alpha value is -1.14. The number of amides is 1. The maximum atomic E-state index is 11.6. The van der Waals surface area contributed by atoms with E-state index in [1.165, 1.54) is 7.11 Å². The number of unbranched alkanes of at least 4 members (excludes halogenated alkanes) is 1. The number of carbonyl (C=O) groups is 2. The first-order valence-corrected chi connectivity index (χ1v) is 6.82. The molecule has 0 bridgehead atoms. The molecule has 0 aromatic rings. The number of hydrogen-bond acceptors (Lipinski definition) is 5. The molecule has 0 unspecified atom stereocenters. The second-order valence-corrected chi connectivity index (χ2v) is 4.66. The number of nitrogens with zero attached hydrogens (tertiary/aromatic N) is 2. The summed E-state index contributed by atoms with van der Waals surface area (Å²) in [5, 5.41) is 0. The van der Waals surface area contributed by atoms with Crippen molar-refractivity contribution in [2.75, 3.05) is 53.0 Å². The Morgan fingerprint density at radius 1 is 1.16 bits per heavy atom. The van der Waals surface area contributed by atoms with Crippen molar-refractivity contribution in [3.05, 3.63) is 0 Å². The minimum absolute atomic E-state index is 0.00710. The maximum Gasteiger partial charge on any atom is 0.320 e. The van der Waals surface area contributed by atoms with Crippen LogP contribution in [0.2, 0.25) is 0 Å². The van der Waals surface area contributed by atoms with Crippen LogP contribution in [0.1, 0.15) is 19.8 Å². The van der Waals surface area contributed by atoms with Crippen LogP contribution in [0.15, 0.2) is 0 Å². The van der Waals surface area contributed by atoms with Crippen molar-refractivity contribution < 1.29 is 19.1 Å². The van der Waals surface area contributed by atoms with Gasteiger partial charge in [0.15, 0.2) is 0 Å². The smallest absolute Gasteiger partial charge is 0.320 e. The third kappa shape index (κ3) is 6.02. The molecule has 1 fully saturated rings. The van der Waals surface area contributed by atoms with Crippen LogP contribution in [0.25, 0.3) is 0 Å². The van der Waals surface area contributed by atoms with Crippen molar-refractivity contribution in [1.82, 2.24) is 9.80 Å². The summed E-state index contributed by atoms with van der Waals surface area (Å²) >= 11 is 0. The fourth-order valence-corrected chi connectivity index (χ4v) is 1.93. The van der Waals surface area contributed by atoms with Crippen molar-refractivity contribution in [3.63, 3.8) is 0 Å². The summed E-state index contributed by atoms with van der Waals surface area (Å²) in [5.41, 5.74) is 0. The molecule has 110 valence electrons. The molecule has 1 aliphatic heterocycles. The van der Waals surface area contributed by atoms with E-state index in [9.17, 15) is 9.59 Å². The molecule has 1 amide bonds. The molecule has 1 aliphatic rings. The third-order valence-electron chi connectivity index (χ3n) is 3.11. The fraction of sp³-hybridized carbons (Fsp3) is 0.846. The normalized spacial score (nSPS) is 16.4. The predicted molar refractivity (Wildman–Crippen MR) is 70.8 cm³/mol. The van der Waals surface area contributed by atoms with Gasteiger partial charge in [-0.05, 0) is 6.42 Å². The van der Waals surface area contributed by atoms with Gasteiger partial charge < -0.3 is 14.4 Å². The topological polar surface area (TPSA) is 59.1 Å². The van der Waals surface area contributed by atoms with E-state index in [1.54, 1.807) is 4.90 Å². The maximum absolute atomic E-state index is 11.6. The summed E-state index contributed by atoms with van der Waals surface area (Å²) in [4.78, 5) is 26.9. The molecule has 0 aromatic heterocycles. The lowest BCUT2D eigenvalue weighted by molar-refractivity contribution is -0.146. The van der Waals surface area contributed by atoms with Crippen molar-refractivity contribution in [1.29, 1.82) is 0 Å². The highest BCUT2D eigenvalue weighted by Gasteiger charge is 2.22. The van der Waals surface area contributed by atoms with Crippen molar-refractivity contribution >= 4 is 11.9 Å². The molecule has 0 aliphatic carbocycles. The first-order chi connectivity index (χ1) is 9.17. The van der Waals surface area contributed by atoms with Gasteiger partial charge >= 0.3 is 5.97 Å². The molecule has 1 rings (SSSR count). The molecule has 6 heteroatoms. The number of ether oxygens (including phenoxy) is 2. The number of esters is 1. The number of carbonyl (C=O) groups excluding carboxylic acids is 2. The Kier molecular flexibility index (Phi) is 7.43. The van der Waals surface area contributed by atoms with Gasteiger partial charge in [-0.15, -0.1) is 0 Å². The Bertz CT molecular complexity index is 288. The second kappa shape index (κ2) is 8.87. The molecule has 0 saturated carbocycles. The summed E-state index contributed by atoms with van der Waals surface area (Å²) in [6.45, 7) is 5.70. The molecule has 6 nitrogen and oxygen atoms in total. The predicted octanol–water partition coefficient (Wildman–Crippen LogP) is 0.120. The highest BCUT2D eigenvalue weighted by molar-refractivity contribution is 5.77. The quantitative estimate of drug-likeness (QED) is 0.487. The van der Waals surface area contributed by atoms with Crippen LogP contribution >= 0.6 is 0 Å². The number of piperazine rings is 1. The van der Waals surface area contributed by atoms with Gasteiger partial charge in [0.05, 0.1) is 13.2 Å². The Balaban J connectivity index is 2.19. The van der Waals surface area contributed by atoms with Crippen LogP contribution in [-0.2, 0) is 19.1 Å². The zero-order valence-corrected chi connectivity index (χ0v) is 11.9. The lowest BCUT2D eigenvalue weighted by Crippen LogP contribution is -2.50. The molecule has 1 saturated heterocycles. The molecule has 0 aromatic carbocycles. The zero-order chi connectivity index (χ0) is 14.1. The van der Waals surface area contributed by atoms with Crippen LogP contribution < -0.4 is 0 Å². The fourth-order valence-electron chi connectivity index (χ4n) is 1.93. The second-order valence-electron chi connectivity index (χ2n) is 4.66. The first-order valence-electron chi connectivity index (χ1n) is 6.82. The molecule has 1 heterocycles. The third-order valence-corrected chi connectivity index (χ3v) is 3.11. The van der Waals surface area contributed by atoms with Crippen molar-refractivity contribution in [2.24, 2.45) is 0 Å². The van der Waals surface area contributed by atoms with Gasteiger partial charge in [0.2, 0.25) is 5.91 Å². The van der Waals surface area contributed by atoms with E-state index in [2.05, 4.69) is 6.92 Å². The van der Waals surface area contributed by atoms with E-state index in [4.69, 9.17) is 9.47 Å². The molecule has 0 radical (unpaired) electrons.